The summed E-state index contributed by atoms with van der Waals surface area (Å²) in [5.41, 5.74) is 1.42. The number of anilines is 1. The molecule has 0 radical (unpaired) electrons. The van der Waals surface area contributed by atoms with Crippen molar-refractivity contribution in [1.29, 1.82) is 0 Å². The summed E-state index contributed by atoms with van der Waals surface area (Å²) in [5.74, 6) is 0.249. The van der Waals surface area contributed by atoms with E-state index in [2.05, 4.69) is 4.90 Å². The van der Waals surface area contributed by atoms with Crippen LogP contribution in [0.2, 0.25) is 5.02 Å². The molecule has 2 heterocycles. The summed E-state index contributed by atoms with van der Waals surface area (Å²) >= 11 is 6.23. The summed E-state index contributed by atoms with van der Waals surface area (Å²) in [5, 5.41) is 0.599. The Balaban J connectivity index is 1.88. The van der Waals surface area contributed by atoms with Gasteiger partial charge in [0.1, 0.15) is 0 Å². The second-order valence-corrected chi connectivity index (χ2v) is 5.43. The van der Waals surface area contributed by atoms with E-state index in [1.54, 1.807) is 18.2 Å². The number of hydrogen-bond donors (Lipinski definition) is 0. The van der Waals surface area contributed by atoms with E-state index in [9.17, 15) is 9.59 Å². The maximum absolute atomic E-state index is 11.7. The van der Waals surface area contributed by atoms with Gasteiger partial charge in [0.05, 0.1) is 10.7 Å². The van der Waals surface area contributed by atoms with E-state index in [1.165, 1.54) is 0 Å². The minimum atomic E-state index is 0.249. The molecule has 0 saturated carbocycles. The Morgan fingerprint density at radius 1 is 1.32 bits per heavy atom. The van der Waals surface area contributed by atoms with E-state index in [1.807, 2.05) is 4.90 Å². The molecule has 1 atom stereocenters. The lowest BCUT2D eigenvalue weighted by molar-refractivity contribution is -0.129. The Labute approximate surface area is 116 Å². The van der Waals surface area contributed by atoms with Gasteiger partial charge in [-0.1, -0.05) is 17.7 Å². The predicted octanol–water partition coefficient (Wildman–Crippen LogP) is 1.96. The quantitative estimate of drug-likeness (QED) is 0.777. The summed E-state index contributed by atoms with van der Waals surface area (Å²) < 4.78 is 0. The van der Waals surface area contributed by atoms with Gasteiger partial charge in [0.2, 0.25) is 5.91 Å². The second-order valence-electron chi connectivity index (χ2n) is 5.02. The molecule has 0 aliphatic carbocycles. The lowest BCUT2D eigenvalue weighted by Gasteiger charge is -2.39. The van der Waals surface area contributed by atoms with Crippen molar-refractivity contribution in [1.82, 2.24) is 4.90 Å². The van der Waals surface area contributed by atoms with Crippen molar-refractivity contribution in [3.05, 3.63) is 28.8 Å². The van der Waals surface area contributed by atoms with Crippen LogP contribution in [-0.4, -0.2) is 42.8 Å². The molecule has 5 heteroatoms. The zero-order chi connectivity index (χ0) is 13.4. The fraction of sp³-hybridized carbons (Fsp3) is 0.429. The van der Waals surface area contributed by atoms with Crippen molar-refractivity contribution in [2.24, 2.45) is 0 Å². The minimum Gasteiger partial charge on any atom is -0.366 e. The highest BCUT2D eigenvalue weighted by molar-refractivity contribution is 6.33. The van der Waals surface area contributed by atoms with Gasteiger partial charge in [0.15, 0.2) is 6.29 Å². The lowest BCUT2D eigenvalue weighted by Crippen LogP contribution is -2.51. The van der Waals surface area contributed by atoms with E-state index in [4.69, 9.17) is 11.6 Å². The Morgan fingerprint density at radius 3 is 2.95 bits per heavy atom. The topological polar surface area (TPSA) is 40.6 Å². The molecule has 2 saturated heterocycles. The number of rotatable bonds is 2. The number of hydrogen-bond acceptors (Lipinski definition) is 3. The molecule has 0 bridgehead atoms. The average molecular weight is 279 g/mol. The molecule has 1 amide bonds. The largest absolute Gasteiger partial charge is 0.366 e. The number of carbonyl (C=O) groups excluding carboxylic acids is 2. The normalized spacial score (nSPS) is 22.6. The van der Waals surface area contributed by atoms with Crippen molar-refractivity contribution < 1.29 is 9.59 Å². The van der Waals surface area contributed by atoms with Crippen LogP contribution in [0, 0.1) is 0 Å². The molecule has 1 aromatic rings. The summed E-state index contributed by atoms with van der Waals surface area (Å²) in [6.45, 7) is 2.20. The number of aldehydes is 1. The number of benzene rings is 1. The second kappa shape index (κ2) is 4.85. The average Bonchev–Trinajstić information content (AvgIpc) is 2.79. The number of piperazine rings is 1. The van der Waals surface area contributed by atoms with Gasteiger partial charge in [-0.25, -0.2) is 0 Å². The first-order chi connectivity index (χ1) is 9.20. The molecular weight excluding hydrogens is 264 g/mol. The number of para-hydroxylation sites is 1. The smallest absolute Gasteiger partial charge is 0.223 e. The monoisotopic (exact) mass is 278 g/mol. The summed E-state index contributed by atoms with van der Waals surface area (Å²) in [6, 6.07) is 5.62. The van der Waals surface area contributed by atoms with Crippen LogP contribution in [0.1, 0.15) is 23.2 Å². The molecular formula is C14H15ClN2O2. The maximum Gasteiger partial charge on any atom is 0.223 e. The Bertz CT molecular complexity index is 532. The van der Waals surface area contributed by atoms with Gasteiger partial charge in [-0.15, -0.1) is 0 Å². The number of amides is 1. The van der Waals surface area contributed by atoms with Crippen LogP contribution in [0.15, 0.2) is 18.2 Å². The first-order valence-corrected chi connectivity index (χ1v) is 6.86. The van der Waals surface area contributed by atoms with Crippen molar-refractivity contribution in [2.75, 3.05) is 24.5 Å². The number of halogens is 1. The molecule has 2 fully saturated rings. The fourth-order valence-electron chi connectivity index (χ4n) is 3.03. The number of fused-ring (bicyclic) bond motifs is 1. The third-order valence-corrected chi connectivity index (χ3v) is 4.26. The molecule has 19 heavy (non-hydrogen) atoms. The third kappa shape index (κ3) is 2.10. The van der Waals surface area contributed by atoms with Gasteiger partial charge < -0.3 is 9.80 Å². The molecule has 3 rings (SSSR count). The van der Waals surface area contributed by atoms with Crippen molar-refractivity contribution in [3.63, 3.8) is 0 Å². The van der Waals surface area contributed by atoms with Gasteiger partial charge in [0.25, 0.3) is 0 Å². The molecule has 100 valence electrons. The zero-order valence-corrected chi connectivity index (χ0v) is 11.3. The van der Waals surface area contributed by atoms with E-state index >= 15 is 0 Å². The lowest BCUT2D eigenvalue weighted by atomic mass is 10.1. The summed E-state index contributed by atoms with van der Waals surface area (Å²) in [7, 11) is 0. The predicted molar refractivity (Wildman–Crippen MR) is 73.8 cm³/mol. The van der Waals surface area contributed by atoms with Crippen LogP contribution in [0.5, 0.6) is 0 Å². The van der Waals surface area contributed by atoms with Gasteiger partial charge in [-0.05, 0) is 18.6 Å². The molecule has 2 aliphatic rings. The molecule has 0 aromatic heterocycles. The minimum absolute atomic E-state index is 0.249. The molecule has 0 spiro atoms. The number of nitrogens with zero attached hydrogens (tertiary/aromatic N) is 2. The van der Waals surface area contributed by atoms with Crippen molar-refractivity contribution in [2.45, 2.75) is 18.9 Å². The van der Waals surface area contributed by atoms with Gasteiger partial charge >= 0.3 is 0 Å². The molecule has 4 nitrogen and oxygen atoms in total. The standard InChI is InChI=1S/C14H15ClN2O2/c15-12-3-1-2-10(9-18)14(12)16-6-7-17-11(8-16)4-5-13(17)19/h1-3,9,11H,4-8H2. The Hall–Kier alpha value is -1.55. The van der Waals surface area contributed by atoms with Crippen LogP contribution in [0.3, 0.4) is 0 Å². The maximum atomic E-state index is 11.7. The van der Waals surface area contributed by atoms with Crippen LogP contribution in [-0.2, 0) is 4.79 Å². The molecule has 0 N–H and O–H groups in total. The van der Waals surface area contributed by atoms with Gasteiger partial charge in [-0.3, -0.25) is 9.59 Å². The summed E-state index contributed by atoms with van der Waals surface area (Å²) in [6.07, 6.45) is 2.38. The third-order valence-electron chi connectivity index (χ3n) is 3.96. The summed E-state index contributed by atoms with van der Waals surface area (Å²) in [4.78, 5) is 26.9. The van der Waals surface area contributed by atoms with Crippen molar-refractivity contribution in [3.8, 4) is 0 Å². The molecule has 1 aromatic carbocycles. The fourth-order valence-corrected chi connectivity index (χ4v) is 3.33. The first-order valence-electron chi connectivity index (χ1n) is 6.49. The zero-order valence-electron chi connectivity index (χ0n) is 10.5. The number of carbonyl (C=O) groups is 2. The van der Waals surface area contributed by atoms with Gasteiger partial charge in [0, 0.05) is 37.7 Å². The van der Waals surface area contributed by atoms with Crippen LogP contribution >= 0.6 is 11.6 Å². The highest BCUT2D eigenvalue weighted by Gasteiger charge is 2.36. The van der Waals surface area contributed by atoms with E-state index in [0.717, 1.165) is 31.5 Å². The molecule has 2 aliphatic heterocycles. The van der Waals surface area contributed by atoms with E-state index in [0.29, 0.717) is 23.6 Å². The van der Waals surface area contributed by atoms with E-state index in [-0.39, 0.29) is 11.9 Å². The van der Waals surface area contributed by atoms with E-state index < -0.39 is 0 Å². The van der Waals surface area contributed by atoms with Gasteiger partial charge in [-0.2, -0.15) is 0 Å². The highest BCUT2D eigenvalue weighted by atomic mass is 35.5. The van der Waals surface area contributed by atoms with Crippen LogP contribution in [0.4, 0.5) is 5.69 Å². The Morgan fingerprint density at radius 2 is 2.16 bits per heavy atom. The van der Waals surface area contributed by atoms with Crippen LogP contribution < -0.4 is 4.90 Å². The first kappa shape index (κ1) is 12.5. The Kier molecular flexibility index (Phi) is 3.19. The SMILES string of the molecule is O=Cc1cccc(Cl)c1N1CCN2C(=O)CCC2C1. The van der Waals surface area contributed by atoms with Crippen LogP contribution in [0.25, 0.3) is 0 Å². The molecule has 1 unspecified atom stereocenters. The highest BCUT2D eigenvalue weighted by Crippen LogP contribution is 2.32. The van der Waals surface area contributed by atoms with Crippen molar-refractivity contribution >= 4 is 29.5 Å².